The van der Waals surface area contributed by atoms with Gasteiger partial charge in [-0.3, -0.25) is 4.79 Å². The lowest BCUT2D eigenvalue weighted by molar-refractivity contribution is 0.0924. The largest absolute Gasteiger partial charge is 0.348 e. The van der Waals surface area contributed by atoms with Crippen LogP contribution in [-0.2, 0) is 0 Å². The number of piperidine rings is 1. The van der Waals surface area contributed by atoms with E-state index in [0.29, 0.717) is 22.5 Å². The standard InChI is InChI=1S/C17H17ClN2O/c18-15-3-1-2-11-4-5-12(8-14(11)15)17(21)19-16-10-20-7-6-13(16)9-20/h1-5,8,13,16H,6-7,9-10H2,(H,19,21). The van der Waals surface area contributed by atoms with Crippen LogP contribution >= 0.6 is 11.6 Å². The third-order valence-electron chi connectivity index (χ3n) is 4.74. The van der Waals surface area contributed by atoms with E-state index in [1.807, 2.05) is 36.4 Å². The first-order valence-corrected chi connectivity index (χ1v) is 7.80. The van der Waals surface area contributed by atoms with Crippen LogP contribution in [0.3, 0.4) is 0 Å². The summed E-state index contributed by atoms with van der Waals surface area (Å²) in [6, 6.07) is 11.8. The first kappa shape index (κ1) is 13.1. The summed E-state index contributed by atoms with van der Waals surface area (Å²) >= 11 is 6.22. The Morgan fingerprint density at radius 1 is 1.24 bits per heavy atom. The predicted molar refractivity (Wildman–Crippen MR) is 84.8 cm³/mol. The minimum Gasteiger partial charge on any atom is -0.348 e. The maximum atomic E-state index is 12.5. The van der Waals surface area contributed by atoms with Crippen molar-refractivity contribution in [3.63, 3.8) is 0 Å². The van der Waals surface area contributed by atoms with Crippen LogP contribution < -0.4 is 5.32 Å². The van der Waals surface area contributed by atoms with Gasteiger partial charge in [0.25, 0.3) is 5.91 Å². The summed E-state index contributed by atoms with van der Waals surface area (Å²) in [4.78, 5) is 14.9. The van der Waals surface area contributed by atoms with Crippen molar-refractivity contribution in [2.75, 3.05) is 19.6 Å². The highest BCUT2D eigenvalue weighted by Crippen LogP contribution is 2.28. The molecule has 0 saturated carbocycles. The smallest absolute Gasteiger partial charge is 0.251 e. The number of hydrogen-bond donors (Lipinski definition) is 1. The Kier molecular flexibility index (Phi) is 3.12. The lowest BCUT2D eigenvalue weighted by Gasteiger charge is -2.23. The summed E-state index contributed by atoms with van der Waals surface area (Å²) in [7, 11) is 0. The predicted octanol–water partition coefficient (Wildman–Crippen LogP) is 2.93. The molecule has 1 amide bonds. The first-order valence-electron chi connectivity index (χ1n) is 7.42. The molecule has 2 saturated heterocycles. The van der Waals surface area contributed by atoms with Crippen LogP contribution in [0.4, 0.5) is 0 Å². The second kappa shape index (κ2) is 5.00. The van der Waals surface area contributed by atoms with Gasteiger partial charge in [-0.1, -0.05) is 29.8 Å². The number of nitrogens with zero attached hydrogens (tertiary/aromatic N) is 1. The maximum Gasteiger partial charge on any atom is 0.251 e. The normalized spacial score (nSPS) is 27.2. The fraction of sp³-hybridized carbons (Fsp3) is 0.353. The van der Waals surface area contributed by atoms with E-state index >= 15 is 0 Å². The molecule has 3 unspecified atom stereocenters. The van der Waals surface area contributed by atoms with Crippen LogP contribution in [0.5, 0.6) is 0 Å². The molecule has 3 nitrogen and oxygen atoms in total. The van der Waals surface area contributed by atoms with Gasteiger partial charge in [0.1, 0.15) is 0 Å². The molecule has 4 rings (SSSR count). The average molecular weight is 301 g/mol. The van der Waals surface area contributed by atoms with Gasteiger partial charge in [-0.05, 0) is 42.5 Å². The molecule has 2 bridgehead atoms. The van der Waals surface area contributed by atoms with Gasteiger partial charge in [0.15, 0.2) is 0 Å². The molecule has 21 heavy (non-hydrogen) atoms. The number of hydrogen-bond acceptors (Lipinski definition) is 2. The number of carbonyl (C=O) groups excluding carboxylic acids is 1. The minimum atomic E-state index is 0.00979. The van der Waals surface area contributed by atoms with E-state index in [1.54, 1.807) is 0 Å². The molecular weight excluding hydrogens is 284 g/mol. The zero-order valence-corrected chi connectivity index (χ0v) is 12.4. The number of fused-ring (bicyclic) bond motifs is 3. The summed E-state index contributed by atoms with van der Waals surface area (Å²) in [5.74, 6) is 0.633. The average Bonchev–Trinajstić information content (AvgIpc) is 3.10. The van der Waals surface area contributed by atoms with Crippen molar-refractivity contribution in [3.05, 3.63) is 47.0 Å². The summed E-state index contributed by atoms with van der Waals surface area (Å²) in [5.41, 5.74) is 0.688. The summed E-state index contributed by atoms with van der Waals surface area (Å²) < 4.78 is 0. The van der Waals surface area contributed by atoms with Gasteiger partial charge in [0.2, 0.25) is 0 Å². The number of benzene rings is 2. The van der Waals surface area contributed by atoms with Crippen molar-refractivity contribution in [1.82, 2.24) is 10.2 Å². The molecule has 0 spiro atoms. The fourth-order valence-corrected chi connectivity index (χ4v) is 3.81. The molecule has 108 valence electrons. The topological polar surface area (TPSA) is 32.3 Å². The van der Waals surface area contributed by atoms with Gasteiger partial charge < -0.3 is 10.2 Å². The summed E-state index contributed by atoms with van der Waals surface area (Å²) in [6.07, 6.45) is 1.20. The van der Waals surface area contributed by atoms with Gasteiger partial charge >= 0.3 is 0 Å². The molecule has 2 aromatic rings. The molecule has 2 heterocycles. The monoisotopic (exact) mass is 300 g/mol. The summed E-state index contributed by atoms with van der Waals surface area (Å²) in [5, 5.41) is 5.87. The second-order valence-corrected chi connectivity index (χ2v) is 6.47. The Labute approximate surface area is 128 Å². The third kappa shape index (κ3) is 2.30. The van der Waals surface area contributed by atoms with Gasteiger partial charge in [0.05, 0.1) is 0 Å². The Hall–Kier alpha value is -1.58. The zero-order chi connectivity index (χ0) is 14.4. The SMILES string of the molecule is O=C(NC1CN2CCC1C2)c1ccc2cccc(Cl)c2c1. The second-order valence-electron chi connectivity index (χ2n) is 6.06. The number of amides is 1. The highest BCUT2D eigenvalue weighted by atomic mass is 35.5. The Morgan fingerprint density at radius 2 is 2.14 bits per heavy atom. The van der Waals surface area contributed by atoms with Crippen molar-refractivity contribution in [1.29, 1.82) is 0 Å². The van der Waals surface area contributed by atoms with Gasteiger partial charge in [-0.25, -0.2) is 0 Å². The Morgan fingerprint density at radius 3 is 2.90 bits per heavy atom. The lowest BCUT2D eigenvalue weighted by atomic mass is 9.99. The van der Waals surface area contributed by atoms with Crippen LogP contribution in [0.25, 0.3) is 10.8 Å². The number of carbonyl (C=O) groups is 1. The van der Waals surface area contributed by atoms with E-state index in [2.05, 4.69) is 10.2 Å². The number of rotatable bonds is 2. The molecule has 2 aromatic carbocycles. The zero-order valence-electron chi connectivity index (χ0n) is 11.7. The fourth-order valence-electron chi connectivity index (χ4n) is 3.58. The van der Waals surface area contributed by atoms with Crippen LogP contribution in [0, 0.1) is 5.92 Å². The lowest BCUT2D eigenvalue weighted by Crippen LogP contribution is -2.43. The van der Waals surface area contributed by atoms with Crippen LogP contribution in [-0.4, -0.2) is 36.5 Å². The van der Waals surface area contributed by atoms with Crippen LogP contribution in [0.2, 0.25) is 5.02 Å². The molecule has 0 aliphatic carbocycles. The highest BCUT2D eigenvalue weighted by Gasteiger charge is 2.38. The summed E-state index contributed by atoms with van der Waals surface area (Å²) in [6.45, 7) is 3.31. The molecule has 2 fully saturated rings. The number of halogens is 1. The maximum absolute atomic E-state index is 12.5. The molecule has 3 atom stereocenters. The van der Waals surface area contributed by atoms with E-state index in [1.165, 1.54) is 13.0 Å². The molecule has 0 radical (unpaired) electrons. The van der Waals surface area contributed by atoms with Crippen molar-refractivity contribution in [2.24, 2.45) is 5.92 Å². The highest BCUT2D eigenvalue weighted by molar-refractivity contribution is 6.35. The van der Waals surface area contributed by atoms with Crippen molar-refractivity contribution >= 4 is 28.3 Å². The van der Waals surface area contributed by atoms with E-state index < -0.39 is 0 Å². The third-order valence-corrected chi connectivity index (χ3v) is 5.07. The molecule has 2 aliphatic heterocycles. The van der Waals surface area contributed by atoms with Crippen molar-refractivity contribution < 1.29 is 4.79 Å². The quantitative estimate of drug-likeness (QED) is 0.925. The van der Waals surface area contributed by atoms with Gasteiger partial charge in [-0.2, -0.15) is 0 Å². The Bertz CT molecular complexity index is 715. The van der Waals surface area contributed by atoms with E-state index in [0.717, 1.165) is 23.9 Å². The van der Waals surface area contributed by atoms with Crippen molar-refractivity contribution in [3.8, 4) is 0 Å². The minimum absolute atomic E-state index is 0.00979. The van der Waals surface area contributed by atoms with E-state index in [-0.39, 0.29) is 5.91 Å². The molecule has 0 aromatic heterocycles. The first-order chi connectivity index (χ1) is 10.2. The van der Waals surface area contributed by atoms with Gasteiger partial charge in [-0.15, -0.1) is 0 Å². The molecule has 4 heteroatoms. The molecule has 1 N–H and O–H groups in total. The van der Waals surface area contributed by atoms with Gasteiger partial charge in [0, 0.05) is 35.1 Å². The molecular formula is C17H17ClN2O. The van der Waals surface area contributed by atoms with E-state index in [9.17, 15) is 4.79 Å². The van der Waals surface area contributed by atoms with E-state index in [4.69, 9.17) is 11.6 Å². The number of nitrogens with one attached hydrogen (secondary N) is 1. The molecule has 2 aliphatic rings. The van der Waals surface area contributed by atoms with Crippen LogP contribution in [0.15, 0.2) is 36.4 Å². The van der Waals surface area contributed by atoms with Crippen LogP contribution in [0.1, 0.15) is 16.8 Å². The van der Waals surface area contributed by atoms with Crippen molar-refractivity contribution in [2.45, 2.75) is 12.5 Å². The Balaban J connectivity index is 1.58.